The number of sulfone groups is 1. The summed E-state index contributed by atoms with van der Waals surface area (Å²) in [6, 6.07) is 11.7. The van der Waals surface area contributed by atoms with Crippen LogP contribution in [0.4, 0.5) is 0 Å². The van der Waals surface area contributed by atoms with Gasteiger partial charge in [-0.1, -0.05) is 12.1 Å². The Morgan fingerprint density at radius 1 is 1.19 bits per heavy atom. The zero-order valence-corrected chi connectivity index (χ0v) is 21.7. The van der Waals surface area contributed by atoms with Crippen molar-refractivity contribution in [2.24, 2.45) is 0 Å². The van der Waals surface area contributed by atoms with E-state index in [4.69, 9.17) is 4.74 Å². The first kappa shape index (κ1) is 24.8. The molecule has 36 heavy (non-hydrogen) atoms. The minimum absolute atomic E-state index is 0.0730. The van der Waals surface area contributed by atoms with Crippen LogP contribution in [0.15, 0.2) is 42.6 Å². The summed E-state index contributed by atoms with van der Waals surface area (Å²) in [4.78, 5) is 19.5. The van der Waals surface area contributed by atoms with E-state index >= 15 is 0 Å². The summed E-state index contributed by atoms with van der Waals surface area (Å²) in [6.07, 6.45) is 5.08. The number of aromatic nitrogens is 1. The van der Waals surface area contributed by atoms with Crippen molar-refractivity contribution in [3.63, 3.8) is 0 Å². The van der Waals surface area contributed by atoms with Crippen LogP contribution in [0.1, 0.15) is 45.9 Å². The molecule has 2 aliphatic heterocycles. The number of H-pyrrole nitrogens is 1. The number of rotatable bonds is 7. The van der Waals surface area contributed by atoms with Gasteiger partial charge in [-0.3, -0.25) is 9.80 Å². The molecule has 0 saturated carbocycles. The highest BCUT2D eigenvalue weighted by molar-refractivity contribution is 7.91. The molecule has 5 rings (SSSR count). The number of hydrogen-bond donors (Lipinski definition) is 2. The highest BCUT2D eigenvalue weighted by Crippen LogP contribution is 2.39. The second-order valence-electron chi connectivity index (χ2n) is 10.1. The normalized spacial score (nSPS) is 22.0. The number of methoxy groups -OCH3 is 1. The molecule has 2 aromatic carbocycles. The van der Waals surface area contributed by atoms with Gasteiger partial charge < -0.3 is 14.8 Å². The predicted octanol–water partition coefficient (Wildman–Crippen LogP) is 3.62. The molecule has 3 aromatic rings. The number of piperidine rings is 1. The van der Waals surface area contributed by atoms with Crippen molar-refractivity contribution in [3.8, 4) is 5.75 Å². The van der Waals surface area contributed by atoms with Crippen molar-refractivity contribution in [2.45, 2.75) is 43.6 Å². The van der Waals surface area contributed by atoms with Gasteiger partial charge in [-0.2, -0.15) is 0 Å². The number of fused-ring (bicyclic) bond motifs is 1. The molecule has 1 aromatic heterocycles. The molecule has 2 N–H and O–H groups in total. The Bertz CT molecular complexity index is 1380. The van der Waals surface area contributed by atoms with Crippen LogP contribution in [-0.2, 0) is 16.4 Å². The SMILES string of the molecule is COc1cc(C)c2[nH]ccc2c1CN1CC[C@H](N2CC(S(C)(=O)=O)C2)C[C@@H]1c1ccc(C(=O)O)cc1. The Balaban J connectivity index is 1.44. The minimum atomic E-state index is -3.02. The molecule has 0 aliphatic carbocycles. The van der Waals surface area contributed by atoms with E-state index in [-0.39, 0.29) is 22.9 Å². The van der Waals surface area contributed by atoms with Gasteiger partial charge >= 0.3 is 5.97 Å². The van der Waals surface area contributed by atoms with Gasteiger partial charge in [-0.15, -0.1) is 0 Å². The number of carboxylic acid groups (broad SMARTS) is 1. The Morgan fingerprint density at radius 2 is 1.92 bits per heavy atom. The van der Waals surface area contributed by atoms with Gasteiger partial charge in [-0.25, -0.2) is 13.2 Å². The summed E-state index contributed by atoms with van der Waals surface area (Å²) in [5.74, 6) is -0.0769. The largest absolute Gasteiger partial charge is 0.496 e. The number of nitrogens with one attached hydrogen (secondary N) is 1. The zero-order chi connectivity index (χ0) is 25.6. The van der Waals surface area contributed by atoms with Gasteiger partial charge in [0.25, 0.3) is 0 Å². The number of carboxylic acids is 1. The molecule has 0 radical (unpaired) electrons. The number of hydrogen-bond acceptors (Lipinski definition) is 6. The number of benzene rings is 2. The van der Waals surface area contributed by atoms with Crippen molar-refractivity contribution < 1.29 is 23.1 Å². The predicted molar refractivity (Wildman–Crippen MR) is 139 cm³/mol. The summed E-state index contributed by atoms with van der Waals surface area (Å²) >= 11 is 0. The number of aromatic amines is 1. The molecule has 192 valence electrons. The van der Waals surface area contributed by atoms with Crippen molar-refractivity contribution in [1.29, 1.82) is 0 Å². The van der Waals surface area contributed by atoms with E-state index in [0.29, 0.717) is 19.6 Å². The van der Waals surface area contributed by atoms with Crippen LogP contribution >= 0.6 is 0 Å². The highest BCUT2D eigenvalue weighted by Gasteiger charge is 2.41. The first-order valence-electron chi connectivity index (χ1n) is 12.3. The molecule has 2 aliphatic rings. The average molecular weight is 512 g/mol. The van der Waals surface area contributed by atoms with Gasteiger partial charge in [0.05, 0.1) is 17.9 Å². The minimum Gasteiger partial charge on any atom is -0.496 e. The summed E-state index contributed by atoms with van der Waals surface area (Å²) < 4.78 is 29.7. The lowest BCUT2D eigenvalue weighted by Crippen LogP contribution is -2.60. The first-order valence-corrected chi connectivity index (χ1v) is 14.2. The maximum Gasteiger partial charge on any atom is 0.335 e. The molecular weight excluding hydrogens is 478 g/mol. The highest BCUT2D eigenvalue weighted by atomic mass is 32.2. The Hall–Kier alpha value is -2.88. The maximum atomic E-state index is 11.9. The van der Waals surface area contributed by atoms with E-state index < -0.39 is 15.8 Å². The van der Waals surface area contributed by atoms with Crippen LogP contribution in [0.3, 0.4) is 0 Å². The smallest absolute Gasteiger partial charge is 0.335 e. The summed E-state index contributed by atoms with van der Waals surface area (Å²) in [5, 5.41) is 10.2. The van der Waals surface area contributed by atoms with Crippen LogP contribution < -0.4 is 4.74 Å². The third kappa shape index (κ3) is 4.63. The third-order valence-corrected chi connectivity index (χ3v) is 9.43. The molecule has 0 amide bonds. The molecule has 3 heterocycles. The Morgan fingerprint density at radius 3 is 2.56 bits per heavy atom. The van der Waals surface area contributed by atoms with Gasteiger partial charge in [-0.05, 0) is 55.2 Å². The lowest BCUT2D eigenvalue weighted by Gasteiger charge is -2.49. The number of carbonyl (C=O) groups is 1. The van der Waals surface area contributed by atoms with Gasteiger partial charge in [0.1, 0.15) is 5.75 Å². The summed E-state index contributed by atoms with van der Waals surface area (Å²) in [7, 11) is -1.32. The van der Waals surface area contributed by atoms with E-state index in [1.54, 1.807) is 19.2 Å². The second-order valence-corrected chi connectivity index (χ2v) is 12.5. The molecular formula is C27H33N3O5S. The summed E-state index contributed by atoms with van der Waals surface area (Å²) in [6.45, 7) is 4.79. The molecule has 9 heteroatoms. The molecule has 0 spiro atoms. The number of aromatic carboxylic acids is 1. The van der Waals surface area contributed by atoms with Crippen LogP contribution in [0.25, 0.3) is 10.9 Å². The van der Waals surface area contributed by atoms with Crippen LogP contribution in [0.5, 0.6) is 5.75 Å². The molecule has 2 fully saturated rings. The number of ether oxygens (including phenoxy) is 1. The quantitative estimate of drug-likeness (QED) is 0.499. The van der Waals surface area contributed by atoms with Crippen molar-refractivity contribution in [3.05, 3.63) is 64.8 Å². The van der Waals surface area contributed by atoms with Crippen LogP contribution in [0.2, 0.25) is 0 Å². The van der Waals surface area contributed by atoms with Gasteiger partial charge in [0, 0.05) is 67.2 Å². The fourth-order valence-corrected chi connectivity index (χ4v) is 6.66. The van der Waals surface area contributed by atoms with Crippen LogP contribution in [0, 0.1) is 6.92 Å². The molecule has 2 atom stereocenters. The molecule has 0 unspecified atom stereocenters. The number of likely N-dealkylation sites (tertiary alicyclic amines) is 2. The second kappa shape index (κ2) is 9.53. The monoisotopic (exact) mass is 511 g/mol. The fraction of sp³-hybridized carbons (Fsp3) is 0.444. The maximum absolute atomic E-state index is 11.9. The Labute approximate surface area is 211 Å². The van der Waals surface area contributed by atoms with Crippen molar-refractivity contribution in [1.82, 2.24) is 14.8 Å². The number of nitrogens with zero attached hydrogens (tertiary/aromatic N) is 2. The fourth-order valence-electron chi connectivity index (χ4n) is 5.73. The lowest BCUT2D eigenvalue weighted by atomic mass is 9.88. The number of aryl methyl sites for hydroxylation is 1. The lowest BCUT2D eigenvalue weighted by molar-refractivity contribution is 0.0312. The zero-order valence-electron chi connectivity index (χ0n) is 20.9. The summed E-state index contributed by atoms with van der Waals surface area (Å²) in [5.41, 5.74) is 4.71. The van der Waals surface area contributed by atoms with Gasteiger partial charge in [0.2, 0.25) is 0 Å². The van der Waals surface area contributed by atoms with E-state index in [1.165, 1.54) is 6.26 Å². The van der Waals surface area contributed by atoms with E-state index in [1.807, 2.05) is 18.3 Å². The topological polar surface area (TPSA) is 103 Å². The first-order chi connectivity index (χ1) is 17.2. The molecule has 0 bridgehead atoms. The standard InChI is InChI=1S/C27H33N3O5S/c1-17-12-25(35-2)23(22-8-10-28-26(17)22)16-29-11-9-20(30-14-21(15-30)36(3,33)34)13-24(29)18-4-6-19(7-5-18)27(31)32/h4-8,10,12,20-21,24,28H,9,11,13-16H2,1-3H3,(H,31,32)/t20-,24+/m0/s1. The molecule has 8 nitrogen and oxygen atoms in total. The van der Waals surface area contributed by atoms with Crippen LogP contribution in [-0.4, -0.2) is 78.6 Å². The molecule has 2 saturated heterocycles. The Kier molecular flexibility index (Phi) is 6.57. The van der Waals surface area contributed by atoms with Gasteiger partial charge in [0.15, 0.2) is 9.84 Å². The van der Waals surface area contributed by atoms with E-state index in [9.17, 15) is 18.3 Å². The third-order valence-electron chi connectivity index (χ3n) is 7.92. The van der Waals surface area contributed by atoms with E-state index in [0.717, 1.165) is 52.7 Å². The average Bonchev–Trinajstić information content (AvgIpc) is 3.30. The van der Waals surface area contributed by atoms with Crippen molar-refractivity contribution >= 4 is 26.7 Å². The van der Waals surface area contributed by atoms with Crippen molar-refractivity contribution in [2.75, 3.05) is 33.0 Å². The van der Waals surface area contributed by atoms with E-state index in [2.05, 4.69) is 33.8 Å².